The fourth-order valence-electron chi connectivity index (χ4n) is 1.93. The number of urea groups is 1. The van der Waals surface area contributed by atoms with Gasteiger partial charge in [-0.3, -0.25) is 14.6 Å². The van der Waals surface area contributed by atoms with E-state index in [9.17, 15) is 27.6 Å². The van der Waals surface area contributed by atoms with Gasteiger partial charge in [-0.1, -0.05) is 0 Å². The number of aromatic nitrogens is 1. The van der Waals surface area contributed by atoms with E-state index in [1.807, 2.05) is 0 Å². The summed E-state index contributed by atoms with van der Waals surface area (Å²) in [5, 5.41) is 0. The Kier molecular flexibility index (Phi) is 4.94. The van der Waals surface area contributed by atoms with Crippen molar-refractivity contribution in [3.8, 4) is 0 Å². The quantitative estimate of drug-likeness (QED) is 0.760. The first-order valence-corrected chi connectivity index (χ1v) is 6.53. The molecule has 0 N–H and O–H groups in total. The number of morpholine rings is 1. The van der Waals surface area contributed by atoms with Crippen molar-refractivity contribution in [2.24, 2.45) is 0 Å². The molecule has 0 aliphatic carbocycles. The van der Waals surface area contributed by atoms with Crippen LogP contribution in [0.1, 0.15) is 16.1 Å². The van der Waals surface area contributed by atoms with Crippen LogP contribution in [0.3, 0.4) is 0 Å². The zero-order chi connectivity index (χ0) is 17.0. The summed E-state index contributed by atoms with van der Waals surface area (Å²) in [4.78, 5) is 40.2. The van der Waals surface area contributed by atoms with Crippen LogP contribution < -0.4 is 0 Å². The number of imide groups is 3. The van der Waals surface area contributed by atoms with Gasteiger partial charge in [-0.2, -0.15) is 18.1 Å². The van der Waals surface area contributed by atoms with Crippen LogP contribution in [-0.4, -0.2) is 59.4 Å². The molecule has 7 nitrogen and oxygen atoms in total. The monoisotopic (exact) mass is 331 g/mol. The summed E-state index contributed by atoms with van der Waals surface area (Å²) in [6.07, 6.45) is -3.92. The molecule has 2 rings (SSSR count). The second-order valence-corrected chi connectivity index (χ2v) is 4.59. The van der Waals surface area contributed by atoms with E-state index in [4.69, 9.17) is 4.74 Å². The zero-order valence-electron chi connectivity index (χ0n) is 11.7. The van der Waals surface area contributed by atoms with Crippen molar-refractivity contribution in [2.45, 2.75) is 6.18 Å². The smallest absolute Gasteiger partial charge is 0.378 e. The molecule has 1 aliphatic heterocycles. The standard InChI is InChI=1S/C13H12F3N3O4/c14-13(15,16)9-1-2-17-10(7-9)11(21)19(8-20)12(22)18-3-5-23-6-4-18/h1-2,7-8H,3-6H2. The molecular weight excluding hydrogens is 319 g/mol. The molecule has 1 aliphatic rings. The number of hydrogen-bond acceptors (Lipinski definition) is 5. The minimum Gasteiger partial charge on any atom is -0.378 e. The van der Waals surface area contributed by atoms with E-state index in [0.29, 0.717) is 12.1 Å². The van der Waals surface area contributed by atoms with Crippen LogP contribution >= 0.6 is 0 Å². The Bertz CT molecular complexity index is 615. The lowest BCUT2D eigenvalue weighted by Crippen LogP contribution is -2.49. The van der Waals surface area contributed by atoms with Gasteiger partial charge in [-0.05, 0) is 12.1 Å². The van der Waals surface area contributed by atoms with Crippen LogP contribution in [0.15, 0.2) is 18.3 Å². The topological polar surface area (TPSA) is 79.8 Å². The van der Waals surface area contributed by atoms with Gasteiger partial charge in [0, 0.05) is 19.3 Å². The number of carbonyl (C=O) groups excluding carboxylic acids is 3. The summed E-state index contributed by atoms with van der Waals surface area (Å²) in [7, 11) is 0. The summed E-state index contributed by atoms with van der Waals surface area (Å²) >= 11 is 0. The molecule has 23 heavy (non-hydrogen) atoms. The molecule has 4 amide bonds. The Hall–Kier alpha value is -2.49. The SMILES string of the molecule is O=CN(C(=O)c1cc(C(F)(F)F)ccn1)C(=O)N1CCOCC1. The van der Waals surface area contributed by atoms with Crippen LogP contribution in [0.5, 0.6) is 0 Å². The molecular formula is C13H12F3N3O4. The minimum atomic E-state index is -4.67. The maximum atomic E-state index is 12.7. The Morgan fingerprint density at radius 2 is 1.96 bits per heavy atom. The largest absolute Gasteiger partial charge is 0.416 e. The van der Waals surface area contributed by atoms with Gasteiger partial charge in [0.15, 0.2) is 0 Å². The number of carbonyl (C=O) groups is 3. The summed E-state index contributed by atoms with van der Waals surface area (Å²) in [6, 6.07) is 0.254. The summed E-state index contributed by atoms with van der Waals surface area (Å²) in [6.45, 7) is 0.835. The van der Waals surface area contributed by atoms with E-state index in [-0.39, 0.29) is 37.6 Å². The molecule has 1 aromatic rings. The van der Waals surface area contributed by atoms with E-state index < -0.39 is 29.4 Å². The highest BCUT2D eigenvalue weighted by Gasteiger charge is 2.33. The van der Waals surface area contributed by atoms with Gasteiger partial charge in [0.05, 0.1) is 18.8 Å². The maximum absolute atomic E-state index is 12.7. The normalized spacial score (nSPS) is 15.2. The maximum Gasteiger partial charge on any atom is 0.416 e. The lowest BCUT2D eigenvalue weighted by Gasteiger charge is -2.29. The Morgan fingerprint density at radius 3 is 2.52 bits per heavy atom. The van der Waals surface area contributed by atoms with Crippen molar-refractivity contribution in [3.05, 3.63) is 29.6 Å². The average molecular weight is 331 g/mol. The first kappa shape index (κ1) is 16.9. The second kappa shape index (κ2) is 6.73. The molecule has 1 saturated heterocycles. The van der Waals surface area contributed by atoms with Crippen molar-refractivity contribution < 1.29 is 32.3 Å². The minimum absolute atomic E-state index is 0.0396. The molecule has 0 unspecified atom stereocenters. The lowest BCUT2D eigenvalue weighted by atomic mass is 10.2. The number of amides is 4. The molecule has 0 saturated carbocycles. The first-order chi connectivity index (χ1) is 10.8. The van der Waals surface area contributed by atoms with Gasteiger partial charge in [0.1, 0.15) is 5.69 Å². The van der Waals surface area contributed by atoms with Gasteiger partial charge in [0.2, 0.25) is 6.41 Å². The summed E-state index contributed by atoms with van der Waals surface area (Å²) in [5.41, 5.74) is -1.74. The lowest BCUT2D eigenvalue weighted by molar-refractivity contribution is -0.137. The van der Waals surface area contributed by atoms with Crippen LogP contribution in [0, 0.1) is 0 Å². The van der Waals surface area contributed by atoms with E-state index in [0.717, 1.165) is 6.20 Å². The molecule has 1 aromatic heterocycles. The molecule has 1 fully saturated rings. The number of pyridine rings is 1. The average Bonchev–Trinajstić information content (AvgIpc) is 2.55. The zero-order valence-corrected chi connectivity index (χ0v) is 11.7. The first-order valence-electron chi connectivity index (χ1n) is 6.53. The van der Waals surface area contributed by atoms with Gasteiger partial charge >= 0.3 is 12.2 Å². The number of alkyl halides is 3. The highest BCUT2D eigenvalue weighted by Crippen LogP contribution is 2.29. The Labute approximate surface area is 128 Å². The van der Waals surface area contributed by atoms with Crippen LogP contribution in [0.4, 0.5) is 18.0 Å². The summed E-state index contributed by atoms with van der Waals surface area (Å²) in [5.74, 6) is -1.22. The predicted molar refractivity (Wildman–Crippen MR) is 69.3 cm³/mol. The van der Waals surface area contributed by atoms with Crippen molar-refractivity contribution in [2.75, 3.05) is 26.3 Å². The van der Waals surface area contributed by atoms with E-state index in [1.165, 1.54) is 4.90 Å². The van der Waals surface area contributed by atoms with Crippen LogP contribution in [0.2, 0.25) is 0 Å². The molecule has 0 bridgehead atoms. The third kappa shape index (κ3) is 3.83. The van der Waals surface area contributed by atoms with Gasteiger partial charge < -0.3 is 9.64 Å². The molecule has 10 heteroatoms. The fraction of sp³-hybridized carbons (Fsp3) is 0.385. The molecule has 0 aromatic carbocycles. The molecule has 0 atom stereocenters. The Balaban J connectivity index is 2.22. The van der Waals surface area contributed by atoms with Crippen molar-refractivity contribution in [1.29, 1.82) is 0 Å². The molecule has 0 radical (unpaired) electrons. The number of hydrogen-bond donors (Lipinski definition) is 0. The van der Waals surface area contributed by atoms with Gasteiger partial charge in [0.25, 0.3) is 5.91 Å². The van der Waals surface area contributed by atoms with Gasteiger partial charge in [-0.25, -0.2) is 4.79 Å². The number of halogens is 3. The van der Waals surface area contributed by atoms with Gasteiger partial charge in [-0.15, -0.1) is 0 Å². The van der Waals surface area contributed by atoms with Crippen molar-refractivity contribution in [3.63, 3.8) is 0 Å². The third-order valence-corrected chi connectivity index (χ3v) is 3.12. The van der Waals surface area contributed by atoms with Crippen molar-refractivity contribution in [1.82, 2.24) is 14.8 Å². The Morgan fingerprint density at radius 1 is 1.30 bits per heavy atom. The number of rotatable bonds is 2. The number of nitrogens with zero attached hydrogens (tertiary/aromatic N) is 3. The highest BCUT2D eigenvalue weighted by molar-refractivity contribution is 6.10. The van der Waals surface area contributed by atoms with Crippen LogP contribution in [-0.2, 0) is 15.7 Å². The second-order valence-electron chi connectivity index (χ2n) is 4.59. The fourth-order valence-corrected chi connectivity index (χ4v) is 1.93. The van der Waals surface area contributed by atoms with E-state index in [2.05, 4.69) is 4.98 Å². The molecule has 0 spiro atoms. The van der Waals surface area contributed by atoms with Crippen LogP contribution in [0.25, 0.3) is 0 Å². The van der Waals surface area contributed by atoms with E-state index >= 15 is 0 Å². The third-order valence-electron chi connectivity index (χ3n) is 3.12. The van der Waals surface area contributed by atoms with E-state index in [1.54, 1.807) is 0 Å². The molecule has 2 heterocycles. The summed E-state index contributed by atoms with van der Waals surface area (Å²) < 4.78 is 43.0. The molecule has 124 valence electrons. The van der Waals surface area contributed by atoms with Crippen molar-refractivity contribution >= 4 is 18.3 Å². The number of ether oxygens (including phenoxy) is 1. The highest BCUT2D eigenvalue weighted by atomic mass is 19.4. The predicted octanol–water partition coefficient (Wildman–Crippen LogP) is 1.15.